The third-order valence-corrected chi connectivity index (χ3v) is 2.36. The molecule has 1 aliphatic rings. The Hall–Kier alpha value is -1.02. The molecule has 2 unspecified atom stereocenters. The van der Waals surface area contributed by atoms with Gasteiger partial charge in [0.25, 0.3) is 0 Å². The number of aromatic nitrogens is 3. The fraction of sp³-hybridized carbons (Fsp3) is 0.778. The Morgan fingerprint density at radius 3 is 3.19 bits per heavy atom. The van der Waals surface area contributed by atoms with Gasteiger partial charge in [-0.25, -0.2) is 0 Å². The van der Waals surface area contributed by atoms with E-state index in [1.54, 1.807) is 10.9 Å². The second-order valence-electron chi connectivity index (χ2n) is 3.64. The Bertz CT molecular complexity index is 330. The number of hydrogen-bond donors (Lipinski definition) is 2. The second kappa shape index (κ2) is 5.35. The first-order chi connectivity index (χ1) is 7.83. The molecule has 7 heteroatoms. The number of nitrogens with two attached hydrogens (primary N) is 1. The first-order valence-corrected chi connectivity index (χ1v) is 5.31. The molecule has 2 rings (SSSR count). The van der Waals surface area contributed by atoms with E-state index in [9.17, 15) is 0 Å². The van der Waals surface area contributed by atoms with Crippen LogP contribution in [-0.4, -0.2) is 46.0 Å². The number of aryl methyl sites for hydroxylation is 1. The van der Waals surface area contributed by atoms with Crippen molar-refractivity contribution < 1.29 is 14.6 Å². The molecule has 16 heavy (non-hydrogen) atoms. The molecule has 1 aromatic heterocycles. The summed E-state index contributed by atoms with van der Waals surface area (Å²) in [6, 6.07) is 0. The highest BCUT2D eigenvalue weighted by atomic mass is 16.7. The van der Waals surface area contributed by atoms with Crippen LogP contribution in [0.25, 0.3) is 0 Å². The van der Waals surface area contributed by atoms with Crippen LogP contribution in [0.1, 0.15) is 18.4 Å². The quantitative estimate of drug-likeness (QED) is 0.673. The third-order valence-electron chi connectivity index (χ3n) is 2.36. The van der Waals surface area contributed by atoms with E-state index in [0.717, 1.165) is 0 Å². The molecule has 1 saturated heterocycles. The first kappa shape index (κ1) is 11.5. The zero-order valence-electron chi connectivity index (χ0n) is 8.95. The molecule has 0 saturated carbocycles. The highest BCUT2D eigenvalue weighted by Gasteiger charge is 2.28. The van der Waals surface area contributed by atoms with E-state index in [0.29, 0.717) is 31.8 Å². The predicted molar refractivity (Wildman–Crippen MR) is 54.3 cm³/mol. The zero-order chi connectivity index (χ0) is 11.4. The van der Waals surface area contributed by atoms with Gasteiger partial charge in [0.1, 0.15) is 5.69 Å². The van der Waals surface area contributed by atoms with E-state index in [-0.39, 0.29) is 12.7 Å². The van der Waals surface area contributed by atoms with Gasteiger partial charge in [-0.1, -0.05) is 5.21 Å². The van der Waals surface area contributed by atoms with E-state index in [2.05, 4.69) is 10.3 Å². The van der Waals surface area contributed by atoms with Crippen LogP contribution in [0, 0.1) is 0 Å². The summed E-state index contributed by atoms with van der Waals surface area (Å²) >= 11 is 0. The lowest BCUT2D eigenvalue weighted by atomic mass is 10.4. The first-order valence-electron chi connectivity index (χ1n) is 5.31. The molecule has 0 aromatic carbocycles. The summed E-state index contributed by atoms with van der Waals surface area (Å²) in [6.07, 6.45) is 1.89. The molecule has 1 aromatic rings. The van der Waals surface area contributed by atoms with Crippen molar-refractivity contribution in [2.75, 3.05) is 19.8 Å². The maximum Gasteiger partial charge on any atom is 0.205 e. The van der Waals surface area contributed by atoms with Gasteiger partial charge in [-0.05, 0) is 6.42 Å². The van der Waals surface area contributed by atoms with E-state index in [1.165, 1.54) is 0 Å². The maximum atomic E-state index is 8.69. The Balaban J connectivity index is 1.92. The zero-order valence-corrected chi connectivity index (χ0v) is 8.95. The van der Waals surface area contributed by atoms with Crippen LogP contribution in [-0.2, 0) is 16.0 Å². The Morgan fingerprint density at radius 2 is 2.50 bits per heavy atom. The van der Waals surface area contributed by atoms with Crippen molar-refractivity contribution >= 4 is 0 Å². The summed E-state index contributed by atoms with van der Waals surface area (Å²) < 4.78 is 12.6. The Kier molecular flexibility index (Phi) is 3.83. The van der Waals surface area contributed by atoms with Gasteiger partial charge in [0.2, 0.25) is 6.29 Å². The van der Waals surface area contributed by atoms with Gasteiger partial charge in [0.15, 0.2) is 0 Å². The summed E-state index contributed by atoms with van der Waals surface area (Å²) in [7, 11) is 0. The van der Waals surface area contributed by atoms with Crippen molar-refractivity contribution in [2.24, 2.45) is 5.73 Å². The van der Waals surface area contributed by atoms with Gasteiger partial charge in [-0.3, -0.25) is 4.68 Å². The van der Waals surface area contributed by atoms with E-state index in [4.69, 9.17) is 20.3 Å². The highest BCUT2D eigenvalue weighted by molar-refractivity contribution is 4.96. The molecular weight excluding hydrogens is 212 g/mol. The second-order valence-corrected chi connectivity index (χ2v) is 3.64. The highest BCUT2D eigenvalue weighted by Crippen LogP contribution is 2.24. The molecule has 0 radical (unpaired) electrons. The van der Waals surface area contributed by atoms with Gasteiger partial charge >= 0.3 is 0 Å². The molecule has 1 fully saturated rings. The monoisotopic (exact) mass is 228 g/mol. The van der Waals surface area contributed by atoms with E-state index in [1.807, 2.05) is 0 Å². The van der Waals surface area contributed by atoms with Crippen LogP contribution >= 0.6 is 0 Å². The van der Waals surface area contributed by atoms with Gasteiger partial charge in [0.05, 0.1) is 18.9 Å². The standard InChI is InChI=1S/C9H16N4O3/c10-4-7-6-15-9(16-7)8-5-13(12-11-8)2-1-3-14/h5,7,9,14H,1-4,6,10H2. The lowest BCUT2D eigenvalue weighted by Gasteiger charge is -2.06. The molecule has 7 nitrogen and oxygen atoms in total. The van der Waals surface area contributed by atoms with Crippen LogP contribution in [0.4, 0.5) is 0 Å². The number of rotatable bonds is 5. The van der Waals surface area contributed by atoms with Gasteiger partial charge < -0.3 is 20.3 Å². The fourth-order valence-corrected chi connectivity index (χ4v) is 1.49. The lowest BCUT2D eigenvalue weighted by Crippen LogP contribution is -2.21. The molecule has 3 N–H and O–H groups in total. The van der Waals surface area contributed by atoms with Crippen molar-refractivity contribution in [1.29, 1.82) is 0 Å². The summed E-state index contributed by atoms with van der Waals surface area (Å²) in [5.41, 5.74) is 6.12. The fourth-order valence-electron chi connectivity index (χ4n) is 1.49. The van der Waals surface area contributed by atoms with Crippen LogP contribution in [0.5, 0.6) is 0 Å². The largest absolute Gasteiger partial charge is 0.396 e. The number of aliphatic hydroxyl groups is 1. The van der Waals surface area contributed by atoms with Crippen LogP contribution in [0.3, 0.4) is 0 Å². The maximum absolute atomic E-state index is 8.69. The number of nitrogens with zero attached hydrogens (tertiary/aromatic N) is 3. The topological polar surface area (TPSA) is 95.4 Å². The minimum atomic E-state index is -0.462. The minimum Gasteiger partial charge on any atom is -0.396 e. The third kappa shape index (κ3) is 2.56. The van der Waals surface area contributed by atoms with E-state index < -0.39 is 6.29 Å². The van der Waals surface area contributed by atoms with Crippen molar-refractivity contribution in [3.05, 3.63) is 11.9 Å². The van der Waals surface area contributed by atoms with Crippen molar-refractivity contribution in [3.8, 4) is 0 Å². The van der Waals surface area contributed by atoms with Crippen molar-refractivity contribution in [1.82, 2.24) is 15.0 Å². The number of hydrogen-bond acceptors (Lipinski definition) is 6. The Labute approximate surface area is 93.1 Å². The van der Waals surface area contributed by atoms with Crippen LogP contribution in [0.15, 0.2) is 6.20 Å². The number of ether oxygens (including phenoxy) is 2. The van der Waals surface area contributed by atoms with Crippen LogP contribution in [0.2, 0.25) is 0 Å². The molecule has 2 atom stereocenters. The SMILES string of the molecule is NCC1COC(c2cn(CCCO)nn2)O1. The molecule has 2 heterocycles. The molecule has 0 spiro atoms. The van der Waals surface area contributed by atoms with Gasteiger partial charge in [-0.2, -0.15) is 0 Å². The molecule has 0 bridgehead atoms. The van der Waals surface area contributed by atoms with E-state index >= 15 is 0 Å². The Morgan fingerprint density at radius 1 is 1.62 bits per heavy atom. The van der Waals surface area contributed by atoms with Crippen molar-refractivity contribution in [3.63, 3.8) is 0 Å². The summed E-state index contributed by atoms with van der Waals surface area (Å²) in [5, 5.41) is 16.6. The summed E-state index contributed by atoms with van der Waals surface area (Å²) in [6.45, 7) is 1.71. The average Bonchev–Trinajstić information content (AvgIpc) is 2.94. The summed E-state index contributed by atoms with van der Waals surface area (Å²) in [4.78, 5) is 0. The van der Waals surface area contributed by atoms with Gasteiger partial charge in [0, 0.05) is 19.7 Å². The molecule has 0 amide bonds. The normalized spacial score (nSPS) is 25.1. The smallest absolute Gasteiger partial charge is 0.205 e. The minimum absolute atomic E-state index is 0.0624. The van der Waals surface area contributed by atoms with Gasteiger partial charge in [-0.15, -0.1) is 5.10 Å². The summed E-state index contributed by atoms with van der Waals surface area (Å²) in [5.74, 6) is 0. The molecule has 1 aliphatic heterocycles. The molecule has 90 valence electrons. The molecule has 0 aliphatic carbocycles. The number of aliphatic hydroxyl groups excluding tert-OH is 1. The average molecular weight is 228 g/mol. The van der Waals surface area contributed by atoms with Crippen molar-refractivity contribution in [2.45, 2.75) is 25.4 Å². The lowest BCUT2D eigenvalue weighted by molar-refractivity contribution is -0.0616. The predicted octanol–water partition coefficient (Wildman–Crippen LogP) is -0.967. The van der Waals surface area contributed by atoms with Crippen LogP contribution < -0.4 is 5.73 Å². The molecular formula is C9H16N4O3.